The minimum Gasteiger partial charge on any atom is -0.394 e. The molecule has 0 spiro atoms. The summed E-state index contributed by atoms with van der Waals surface area (Å²) in [5.41, 5.74) is -0.183. The Labute approximate surface area is 121 Å². The van der Waals surface area contributed by atoms with Gasteiger partial charge in [-0.2, -0.15) is 0 Å². The van der Waals surface area contributed by atoms with Gasteiger partial charge in [-0.25, -0.2) is 0 Å². The number of hydrogen-bond acceptors (Lipinski definition) is 4. The molecule has 20 heavy (non-hydrogen) atoms. The molecule has 2 rings (SSSR count). The Morgan fingerprint density at radius 1 is 1.45 bits per heavy atom. The minimum absolute atomic E-state index is 0.0732. The van der Waals surface area contributed by atoms with Crippen molar-refractivity contribution in [1.82, 2.24) is 10.2 Å². The van der Waals surface area contributed by atoms with Crippen LogP contribution in [0.3, 0.4) is 0 Å². The third-order valence-electron chi connectivity index (χ3n) is 4.78. The van der Waals surface area contributed by atoms with E-state index in [4.69, 9.17) is 9.84 Å². The van der Waals surface area contributed by atoms with Crippen molar-refractivity contribution in [2.75, 3.05) is 39.4 Å². The second-order valence-corrected chi connectivity index (χ2v) is 6.00. The van der Waals surface area contributed by atoms with E-state index in [0.29, 0.717) is 12.5 Å². The smallest absolute Gasteiger partial charge is 0.230 e. The van der Waals surface area contributed by atoms with Crippen molar-refractivity contribution < 1.29 is 14.6 Å². The lowest BCUT2D eigenvalue weighted by molar-refractivity contribution is -0.146. The topological polar surface area (TPSA) is 61.8 Å². The lowest BCUT2D eigenvalue weighted by Crippen LogP contribution is -2.53. The monoisotopic (exact) mass is 284 g/mol. The number of rotatable bonds is 5. The molecule has 2 saturated heterocycles. The average molecular weight is 284 g/mol. The molecular formula is C15H28N2O3. The first kappa shape index (κ1) is 15.7. The normalized spacial score (nSPS) is 28.6. The number of carbonyl (C=O) groups is 1. The van der Waals surface area contributed by atoms with Gasteiger partial charge in [0, 0.05) is 19.6 Å². The van der Waals surface area contributed by atoms with Crippen LogP contribution in [-0.2, 0) is 9.53 Å². The number of likely N-dealkylation sites (tertiary alicyclic amines) is 1. The summed E-state index contributed by atoms with van der Waals surface area (Å²) in [7, 11) is 0. The van der Waals surface area contributed by atoms with E-state index >= 15 is 0 Å². The van der Waals surface area contributed by atoms with Crippen molar-refractivity contribution in [2.24, 2.45) is 5.41 Å². The van der Waals surface area contributed by atoms with Crippen LogP contribution in [0.2, 0.25) is 0 Å². The van der Waals surface area contributed by atoms with Crippen LogP contribution in [0.5, 0.6) is 0 Å². The van der Waals surface area contributed by atoms with E-state index in [1.165, 1.54) is 0 Å². The second-order valence-electron chi connectivity index (χ2n) is 6.00. The number of nitrogens with one attached hydrogen (secondary N) is 1. The van der Waals surface area contributed by atoms with Crippen LogP contribution in [0.1, 0.15) is 39.0 Å². The molecule has 1 amide bonds. The van der Waals surface area contributed by atoms with E-state index in [1.54, 1.807) is 0 Å². The highest BCUT2D eigenvalue weighted by Gasteiger charge is 2.41. The van der Waals surface area contributed by atoms with Gasteiger partial charge in [0.15, 0.2) is 0 Å². The predicted molar refractivity (Wildman–Crippen MR) is 77.5 cm³/mol. The molecule has 0 saturated carbocycles. The molecule has 0 aromatic rings. The van der Waals surface area contributed by atoms with Gasteiger partial charge < -0.3 is 20.1 Å². The van der Waals surface area contributed by atoms with E-state index in [-0.39, 0.29) is 18.1 Å². The molecule has 2 fully saturated rings. The number of piperidine rings is 2. The summed E-state index contributed by atoms with van der Waals surface area (Å²) >= 11 is 0. The van der Waals surface area contributed by atoms with Crippen molar-refractivity contribution in [3.8, 4) is 0 Å². The summed E-state index contributed by atoms with van der Waals surface area (Å²) in [6.45, 7) is 6.04. The Morgan fingerprint density at radius 2 is 2.20 bits per heavy atom. The van der Waals surface area contributed by atoms with Crippen LogP contribution in [0.25, 0.3) is 0 Å². The van der Waals surface area contributed by atoms with Gasteiger partial charge in [0.2, 0.25) is 5.91 Å². The fraction of sp³-hybridized carbons (Fsp3) is 0.933. The Balaban J connectivity index is 1.87. The van der Waals surface area contributed by atoms with Gasteiger partial charge in [-0.05, 0) is 38.6 Å². The van der Waals surface area contributed by atoms with E-state index in [0.717, 1.165) is 58.3 Å². The molecule has 0 radical (unpaired) electrons. The molecule has 116 valence electrons. The zero-order valence-corrected chi connectivity index (χ0v) is 12.6. The molecule has 2 N–H and O–H groups in total. The van der Waals surface area contributed by atoms with Crippen LogP contribution < -0.4 is 5.32 Å². The molecule has 0 aliphatic carbocycles. The van der Waals surface area contributed by atoms with Crippen molar-refractivity contribution in [2.45, 2.75) is 45.1 Å². The highest BCUT2D eigenvalue weighted by Crippen LogP contribution is 2.33. The van der Waals surface area contributed by atoms with Gasteiger partial charge in [0.25, 0.3) is 0 Å². The Morgan fingerprint density at radius 3 is 2.75 bits per heavy atom. The number of amides is 1. The molecule has 2 aliphatic heterocycles. The average Bonchev–Trinajstić information content (AvgIpc) is 2.53. The van der Waals surface area contributed by atoms with Crippen LogP contribution in [0.15, 0.2) is 0 Å². The minimum atomic E-state index is -0.183. The summed E-state index contributed by atoms with van der Waals surface area (Å²) in [5.74, 6) is 0.327. The molecule has 5 nitrogen and oxygen atoms in total. The zero-order chi connectivity index (χ0) is 14.4. The number of carbonyl (C=O) groups excluding carboxylic acids is 1. The molecule has 1 unspecified atom stereocenters. The zero-order valence-electron chi connectivity index (χ0n) is 12.6. The van der Waals surface area contributed by atoms with Crippen molar-refractivity contribution >= 4 is 5.91 Å². The predicted octanol–water partition coefficient (Wildman–Crippen LogP) is 0.766. The quantitative estimate of drug-likeness (QED) is 0.783. The lowest BCUT2D eigenvalue weighted by atomic mass is 9.76. The fourth-order valence-electron chi connectivity index (χ4n) is 3.38. The largest absolute Gasteiger partial charge is 0.394 e. The number of aliphatic hydroxyl groups is 1. The van der Waals surface area contributed by atoms with Gasteiger partial charge in [-0.15, -0.1) is 0 Å². The standard InChI is InChI=1S/C15H28N2O3/c1-2-15(6-3-7-16-12-15)14(19)17-8-4-13(5-9-17)20-11-10-18/h13,16,18H,2-12H2,1H3. The van der Waals surface area contributed by atoms with Crippen molar-refractivity contribution in [3.63, 3.8) is 0 Å². The van der Waals surface area contributed by atoms with E-state index in [9.17, 15) is 4.79 Å². The van der Waals surface area contributed by atoms with Gasteiger partial charge >= 0.3 is 0 Å². The summed E-state index contributed by atoms with van der Waals surface area (Å²) in [4.78, 5) is 14.9. The summed E-state index contributed by atoms with van der Waals surface area (Å²) in [6.07, 6.45) is 5.00. The summed E-state index contributed by atoms with van der Waals surface area (Å²) < 4.78 is 5.56. The maximum Gasteiger partial charge on any atom is 0.230 e. The Hall–Kier alpha value is -0.650. The number of hydrogen-bond donors (Lipinski definition) is 2. The third-order valence-corrected chi connectivity index (χ3v) is 4.78. The van der Waals surface area contributed by atoms with E-state index < -0.39 is 0 Å². The van der Waals surface area contributed by atoms with E-state index in [1.807, 2.05) is 4.90 Å². The molecule has 0 aromatic heterocycles. The van der Waals surface area contributed by atoms with Crippen LogP contribution in [0, 0.1) is 5.41 Å². The first-order valence-corrected chi connectivity index (χ1v) is 7.94. The first-order chi connectivity index (χ1) is 9.72. The Kier molecular flexibility index (Phi) is 5.81. The highest BCUT2D eigenvalue weighted by molar-refractivity contribution is 5.83. The fourth-order valence-corrected chi connectivity index (χ4v) is 3.38. The summed E-state index contributed by atoms with van der Waals surface area (Å²) in [5, 5.41) is 12.2. The van der Waals surface area contributed by atoms with Gasteiger partial charge in [0.1, 0.15) is 0 Å². The Bertz CT molecular complexity index is 308. The van der Waals surface area contributed by atoms with Crippen LogP contribution >= 0.6 is 0 Å². The van der Waals surface area contributed by atoms with Gasteiger partial charge in [0.05, 0.1) is 24.7 Å². The maximum atomic E-state index is 12.8. The molecule has 5 heteroatoms. The summed E-state index contributed by atoms with van der Waals surface area (Å²) in [6, 6.07) is 0. The lowest BCUT2D eigenvalue weighted by Gasteiger charge is -2.42. The molecule has 2 aliphatic rings. The van der Waals surface area contributed by atoms with Crippen molar-refractivity contribution in [3.05, 3.63) is 0 Å². The highest BCUT2D eigenvalue weighted by atomic mass is 16.5. The first-order valence-electron chi connectivity index (χ1n) is 7.94. The van der Waals surface area contributed by atoms with E-state index in [2.05, 4.69) is 12.2 Å². The molecule has 0 aromatic carbocycles. The molecular weight excluding hydrogens is 256 g/mol. The SMILES string of the molecule is CCC1(C(=O)N2CCC(OCCO)CC2)CCCNC1. The van der Waals surface area contributed by atoms with Crippen molar-refractivity contribution in [1.29, 1.82) is 0 Å². The maximum absolute atomic E-state index is 12.8. The molecule has 0 bridgehead atoms. The molecule has 2 heterocycles. The van der Waals surface area contributed by atoms with Crippen LogP contribution in [0.4, 0.5) is 0 Å². The van der Waals surface area contributed by atoms with Crippen LogP contribution in [-0.4, -0.2) is 61.4 Å². The van der Waals surface area contributed by atoms with Gasteiger partial charge in [-0.3, -0.25) is 4.79 Å². The third kappa shape index (κ3) is 3.51. The number of ether oxygens (including phenoxy) is 1. The molecule has 1 atom stereocenters. The van der Waals surface area contributed by atoms with Gasteiger partial charge in [-0.1, -0.05) is 6.92 Å². The number of nitrogens with zero attached hydrogens (tertiary/aromatic N) is 1. The number of aliphatic hydroxyl groups excluding tert-OH is 1. The second kappa shape index (κ2) is 7.38.